The molecule has 0 aromatic carbocycles. The standard InChI is InChI=1S/C13H19N3O2/c1-10-8-16(9-11-4-2-3-5-14-11)12(7-15-10)6-13(17)18/h2-5,10,12,15H,6-9H2,1H3,(H,17,18). The van der Waals surface area contributed by atoms with Crippen LogP contribution in [0.4, 0.5) is 0 Å². The van der Waals surface area contributed by atoms with E-state index in [4.69, 9.17) is 5.11 Å². The van der Waals surface area contributed by atoms with E-state index in [1.165, 1.54) is 0 Å². The van der Waals surface area contributed by atoms with Crippen LogP contribution in [-0.4, -0.2) is 46.1 Å². The van der Waals surface area contributed by atoms with E-state index >= 15 is 0 Å². The van der Waals surface area contributed by atoms with Crippen molar-refractivity contribution < 1.29 is 9.90 Å². The Bertz CT molecular complexity index is 396. The summed E-state index contributed by atoms with van der Waals surface area (Å²) in [6, 6.07) is 6.25. The Hall–Kier alpha value is -1.46. The maximum absolute atomic E-state index is 10.9. The van der Waals surface area contributed by atoms with Crippen molar-refractivity contribution in [2.24, 2.45) is 0 Å². The third-order valence-electron chi connectivity index (χ3n) is 3.23. The molecule has 0 saturated carbocycles. The summed E-state index contributed by atoms with van der Waals surface area (Å²) in [5, 5.41) is 12.3. The minimum Gasteiger partial charge on any atom is -0.481 e. The lowest BCUT2D eigenvalue weighted by Gasteiger charge is -2.38. The van der Waals surface area contributed by atoms with Crippen molar-refractivity contribution in [3.63, 3.8) is 0 Å². The number of aromatic nitrogens is 1. The molecule has 5 heteroatoms. The first kappa shape index (κ1) is 13.0. The molecule has 2 N–H and O–H groups in total. The van der Waals surface area contributed by atoms with Gasteiger partial charge in [0, 0.05) is 37.9 Å². The van der Waals surface area contributed by atoms with E-state index in [0.29, 0.717) is 12.6 Å². The molecule has 2 atom stereocenters. The number of piperazine rings is 1. The highest BCUT2D eigenvalue weighted by molar-refractivity contribution is 5.67. The van der Waals surface area contributed by atoms with Crippen LogP contribution in [-0.2, 0) is 11.3 Å². The fourth-order valence-corrected chi connectivity index (χ4v) is 2.33. The van der Waals surface area contributed by atoms with E-state index in [-0.39, 0.29) is 12.5 Å². The summed E-state index contributed by atoms with van der Waals surface area (Å²) in [7, 11) is 0. The highest BCUT2D eigenvalue weighted by atomic mass is 16.4. The number of nitrogens with zero attached hydrogens (tertiary/aromatic N) is 2. The van der Waals surface area contributed by atoms with Gasteiger partial charge < -0.3 is 10.4 Å². The number of carboxylic acids is 1. The molecule has 0 spiro atoms. The van der Waals surface area contributed by atoms with Crippen LogP contribution in [0.3, 0.4) is 0 Å². The van der Waals surface area contributed by atoms with Crippen LogP contribution in [0, 0.1) is 0 Å². The number of hydrogen-bond donors (Lipinski definition) is 2. The number of nitrogens with one attached hydrogen (secondary N) is 1. The first-order valence-electron chi connectivity index (χ1n) is 6.24. The average Bonchev–Trinajstić information content (AvgIpc) is 2.33. The van der Waals surface area contributed by atoms with Gasteiger partial charge in [-0.1, -0.05) is 6.07 Å². The van der Waals surface area contributed by atoms with Gasteiger partial charge in [-0.05, 0) is 19.1 Å². The Balaban J connectivity index is 2.03. The molecular formula is C13H19N3O2. The number of rotatable bonds is 4. The van der Waals surface area contributed by atoms with Crippen molar-refractivity contribution in [2.45, 2.75) is 32.0 Å². The molecule has 0 bridgehead atoms. The molecule has 1 saturated heterocycles. The maximum atomic E-state index is 10.9. The second-order valence-electron chi connectivity index (χ2n) is 4.81. The van der Waals surface area contributed by atoms with Gasteiger partial charge in [-0.25, -0.2) is 0 Å². The summed E-state index contributed by atoms with van der Waals surface area (Å²) in [6.07, 6.45) is 1.94. The lowest BCUT2D eigenvalue weighted by Crippen LogP contribution is -2.55. The fraction of sp³-hybridized carbons (Fsp3) is 0.538. The molecule has 98 valence electrons. The molecule has 0 radical (unpaired) electrons. The van der Waals surface area contributed by atoms with Crippen molar-refractivity contribution >= 4 is 5.97 Å². The zero-order chi connectivity index (χ0) is 13.0. The van der Waals surface area contributed by atoms with Crippen molar-refractivity contribution in [3.05, 3.63) is 30.1 Å². The number of pyridine rings is 1. The van der Waals surface area contributed by atoms with Gasteiger partial charge in [0.2, 0.25) is 0 Å². The summed E-state index contributed by atoms with van der Waals surface area (Å²) in [5.41, 5.74) is 0.988. The summed E-state index contributed by atoms with van der Waals surface area (Å²) in [6.45, 7) is 4.40. The smallest absolute Gasteiger partial charge is 0.304 e. The van der Waals surface area contributed by atoms with Gasteiger partial charge in [-0.3, -0.25) is 14.7 Å². The Kier molecular flexibility index (Phi) is 4.28. The first-order chi connectivity index (χ1) is 8.65. The molecule has 2 rings (SSSR count). The largest absolute Gasteiger partial charge is 0.481 e. The molecular weight excluding hydrogens is 230 g/mol. The molecule has 5 nitrogen and oxygen atoms in total. The Labute approximate surface area is 107 Å². The molecule has 18 heavy (non-hydrogen) atoms. The second kappa shape index (κ2) is 5.93. The first-order valence-corrected chi connectivity index (χ1v) is 6.24. The van der Waals surface area contributed by atoms with E-state index in [0.717, 1.165) is 18.8 Å². The summed E-state index contributed by atoms with van der Waals surface area (Å²) < 4.78 is 0. The highest BCUT2D eigenvalue weighted by Gasteiger charge is 2.27. The lowest BCUT2D eigenvalue weighted by atomic mass is 10.1. The number of hydrogen-bond acceptors (Lipinski definition) is 4. The number of carbonyl (C=O) groups is 1. The summed E-state index contributed by atoms with van der Waals surface area (Å²) in [5.74, 6) is -0.748. The van der Waals surface area contributed by atoms with Gasteiger partial charge in [-0.15, -0.1) is 0 Å². The minimum atomic E-state index is -0.748. The normalized spacial score (nSPS) is 24.9. The second-order valence-corrected chi connectivity index (χ2v) is 4.81. The molecule has 1 aromatic heterocycles. The quantitative estimate of drug-likeness (QED) is 0.823. The molecule has 1 fully saturated rings. The van der Waals surface area contributed by atoms with Crippen molar-refractivity contribution in [3.8, 4) is 0 Å². The lowest BCUT2D eigenvalue weighted by molar-refractivity contribution is -0.138. The zero-order valence-corrected chi connectivity index (χ0v) is 10.5. The molecule has 2 heterocycles. The maximum Gasteiger partial charge on any atom is 0.304 e. The molecule has 0 amide bonds. The Morgan fingerprint density at radius 2 is 2.44 bits per heavy atom. The van der Waals surface area contributed by atoms with E-state index in [2.05, 4.69) is 22.1 Å². The van der Waals surface area contributed by atoms with Crippen LogP contribution >= 0.6 is 0 Å². The van der Waals surface area contributed by atoms with Gasteiger partial charge in [0.1, 0.15) is 0 Å². The van der Waals surface area contributed by atoms with Crippen LogP contribution in [0.15, 0.2) is 24.4 Å². The molecule has 2 unspecified atom stereocenters. The third kappa shape index (κ3) is 3.51. The van der Waals surface area contributed by atoms with Gasteiger partial charge in [0.15, 0.2) is 0 Å². The van der Waals surface area contributed by atoms with Crippen LogP contribution in [0.1, 0.15) is 19.0 Å². The van der Waals surface area contributed by atoms with Gasteiger partial charge in [0.25, 0.3) is 0 Å². The van der Waals surface area contributed by atoms with Crippen LogP contribution in [0.2, 0.25) is 0 Å². The van der Waals surface area contributed by atoms with Crippen LogP contribution < -0.4 is 5.32 Å². The van der Waals surface area contributed by atoms with E-state index in [1.54, 1.807) is 6.20 Å². The molecule has 1 aliphatic heterocycles. The van der Waals surface area contributed by atoms with Gasteiger partial charge in [-0.2, -0.15) is 0 Å². The van der Waals surface area contributed by atoms with Crippen LogP contribution in [0.5, 0.6) is 0 Å². The monoisotopic (exact) mass is 249 g/mol. The number of carboxylic acid groups (broad SMARTS) is 1. The van der Waals surface area contributed by atoms with Crippen LogP contribution in [0.25, 0.3) is 0 Å². The minimum absolute atomic E-state index is 0.0423. The Morgan fingerprint density at radius 1 is 1.61 bits per heavy atom. The predicted octanol–water partition coefficient (Wildman–Crippen LogP) is 0.719. The Morgan fingerprint density at radius 3 is 3.11 bits per heavy atom. The highest BCUT2D eigenvalue weighted by Crippen LogP contribution is 2.13. The zero-order valence-electron chi connectivity index (χ0n) is 10.5. The van der Waals surface area contributed by atoms with E-state index in [1.807, 2.05) is 18.2 Å². The predicted molar refractivity (Wildman–Crippen MR) is 68.2 cm³/mol. The summed E-state index contributed by atoms with van der Waals surface area (Å²) >= 11 is 0. The topological polar surface area (TPSA) is 65.5 Å². The average molecular weight is 249 g/mol. The SMILES string of the molecule is CC1CN(Cc2ccccn2)C(CC(=O)O)CN1. The van der Waals surface area contributed by atoms with Crippen molar-refractivity contribution in [2.75, 3.05) is 13.1 Å². The van der Waals surface area contributed by atoms with Crippen molar-refractivity contribution in [1.82, 2.24) is 15.2 Å². The fourth-order valence-electron chi connectivity index (χ4n) is 2.33. The molecule has 0 aliphatic carbocycles. The molecule has 1 aliphatic rings. The van der Waals surface area contributed by atoms with E-state index < -0.39 is 5.97 Å². The van der Waals surface area contributed by atoms with Crippen molar-refractivity contribution in [1.29, 1.82) is 0 Å². The molecule has 1 aromatic rings. The van der Waals surface area contributed by atoms with E-state index in [9.17, 15) is 4.79 Å². The number of aliphatic carboxylic acids is 1. The van der Waals surface area contributed by atoms with Gasteiger partial charge >= 0.3 is 5.97 Å². The summed E-state index contributed by atoms with van der Waals surface area (Å²) in [4.78, 5) is 17.4. The van der Waals surface area contributed by atoms with Gasteiger partial charge in [0.05, 0.1) is 12.1 Å². The third-order valence-corrected chi connectivity index (χ3v) is 3.23.